The molecular weight excluding hydrogens is 400 g/mol. The van der Waals surface area contributed by atoms with Crippen molar-refractivity contribution in [1.82, 2.24) is 0 Å². The highest BCUT2D eigenvalue weighted by Gasteiger charge is 2.33. The van der Waals surface area contributed by atoms with Gasteiger partial charge in [0.15, 0.2) is 11.9 Å². The summed E-state index contributed by atoms with van der Waals surface area (Å²) in [6.07, 6.45) is 0.236. The van der Waals surface area contributed by atoms with Crippen molar-refractivity contribution in [2.45, 2.75) is 39.2 Å². The Bertz CT molecular complexity index is 1020. The van der Waals surface area contributed by atoms with Crippen LogP contribution in [0.4, 0.5) is 11.4 Å². The molecule has 1 atom stereocenters. The minimum Gasteiger partial charge on any atom is -0.481 e. The summed E-state index contributed by atoms with van der Waals surface area (Å²) in [5, 5.41) is 11.5. The van der Waals surface area contributed by atoms with Crippen LogP contribution in [0, 0.1) is 0 Å². The van der Waals surface area contributed by atoms with Crippen LogP contribution in [0.15, 0.2) is 42.5 Å². The Hall–Kier alpha value is -3.68. The summed E-state index contributed by atoms with van der Waals surface area (Å²) < 4.78 is 5.63. The molecule has 2 amide bonds. The molecule has 0 fully saturated rings. The van der Waals surface area contributed by atoms with Crippen LogP contribution in [0.3, 0.4) is 0 Å². The summed E-state index contributed by atoms with van der Waals surface area (Å²) in [6, 6.07) is 11.3. The molecule has 0 aromatic heterocycles. The van der Waals surface area contributed by atoms with E-state index in [2.05, 4.69) is 5.32 Å². The number of carboxylic acid groups (broad SMARTS) is 1. The number of benzene rings is 2. The first-order valence-corrected chi connectivity index (χ1v) is 10.0. The van der Waals surface area contributed by atoms with Gasteiger partial charge in [-0.25, -0.2) is 0 Å². The third-order valence-corrected chi connectivity index (χ3v) is 4.86. The quantitative estimate of drug-likeness (QED) is 0.630. The van der Waals surface area contributed by atoms with Crippen molar-refractivity contribution >= 4 is 34.9 Å². The summed E-state index contributed by atoms with van der Waals surface area (Å²) >= 11 is 0. The zero-order valence-electron chi connectivity index (χ0n) is 17.4. The average molecular weight is 424 g/mol. The topological polar surface area (TPSA) is 113 Å². The van der Waals surface area contributed by atoms with Crippen molar-refractivity contribution in [2.75, 3.05) is 16.8 Å². The zero-order valence-corrected chi connectivity index (χ0v) is 17.4. The van der Waals surface area contributed by atoms with Gasteiger partial charge in [0.25, 0.3) is 5.91 Å². The van der Waals surface area contributed by atoms with E-state index in [-0.39, 0.29) is 24.7 Å². The number of carbonyl (C=O) groups is 4. The molecule has 0 bridgehead atoms. The Kier molecular flexibility index (Phi) is 6.69. The van der Waals surface area contributed by atoms with Crippen LogP contribution in [-0.4, -0.2) is 41.3 Å². The van der Waals surface area contributed by atoms with Crippen molar-refractivity contribution in [3.63, 3.8) is 0 Å². The summed E-state index contributed by atoms with van der Waals surface area (Å²) in [7, 11) is 0. The minimum atomic E-state index is -0.938. The standard InChI is InChI=1S/C23H24N2O6/c1-3-4-19(26)16-7-10-20-18(12-16)25(23(30)14(2)31-20)13-21(27)24-17-8-5-15(6-9-17)11-22(28)29/h5-10,12,14H,3-4,11,13H2,1-2H3,(H,24,27)(H,28,29). The number of Topliss-reactive ketones (excluding diaryl/α,β-unsaturated/α-hetero) is 1. The average Bonchev–Trinajstić information content (AvgIpc) is 2.72. The van der Waals surface area contributed by atoms with E-state index in [1.54, 1.807) is 49.4 Å². The van der Waals surface area contributed by atoms with Gasteiger partial charge in [0.2, 0.25) is 5.91 Å². The van der Waals surface area contributed by atoms with E-state index < -0.39 is 18.0 Å². The molecule has 31 heavy (non-hydrogen) atoms. The lowest BCUT2D eigenvalue weighted by molar-refractivity contribution is -0.136. The number of hydrogen-bond acceptors (Lipinski definition) is 5. The number of ether oxygens (including phenoxy) is 1. The van der Waals surface area contributed by atoms with Crippen LogP contribution < -0.4 is 15.0 Å². The van der Waals surface area contributed by atoms with Crippen LogP contribution >= 0.6 is 0 Å². The molecule has 0 spiro atoms. The number of anilines is 2. The number of aliphatic carboxylic acids is 1. The zero-order chi connectivity index (χ0) is 22.5. The molecule has 2 aromatic rings. The smallest absolute Gasteiger partial charge is 0.307 e. The number of hydrogen-bond donors (Lipinski definition) is 2. The van der Waals surface area contributed by atoms with E-state index in [9.17, 15) is 19.2 Å². The van der Waals surface area contributed by atoms with E-state index in [0.717, 1.165) is 0 Å². The fraction of sp³-hybridized carbons (Fsp3) is 0.304. The third kappa shape index (κ3) is 5.28. The molecule has 0 aliphatic carbocycles. The molecule has 8 nitrogen and oxygen atoms in total. The number of amides is 2. The van der Waals surface area contributed by atoms with Crippen LogP contribution in [0.25, 0.3) is 0 Å². The Morgan fingerprint density at radius 1 is 1.13 bits per heavy atom. The summed E-state index contributed by atoms with van der Waals surface area (Å²) in [6.45, 7) is 3.27. The number of rotatable bonds is 8. The van der Waals surface area contributed by atoms with Gasteiger partial charge >= 0.3 is 5.97 Å². The second-order valence-electron chi connectivity index (χ2n) is 7.36. The van der Waals surface area contributed by atoms with E-state index in [1.807, 2.05) is 6.92 Å². The van der Waals surface area contributed by atoms with E-state index in [1.165, 1.54) is 4.90 Å². The second kappa shape index (κ2) is 9.42. The molecule has 2 aromatic carbocycles. The number of nitrogens with zero attached hydrogens (tertiary/aromatic N) is 1. The van der Waals surface area contributed by atoms with Gasteiger partial charge in [0.1, 0.15) is 12.3 Å². The Morgan fingerprint density at radius 3 is 2.48 bits per heavy atom. The van der Waals surface area contributed by atoms with Gasteiger partial charge in [0, 0.05) is 17.7 Å². The summed E-state index contributed by atoms with van der Waals surface area (Å²) in [4.78, 5) is 49.7. The first-order chi connectivity index (χ1) is 14.8. The number of carbonyl (C=O) groups excluding carboxylic acids is 3. The van der Waals surface area contributed by atoms with E-state index >= 15 is 0 Å². The maximum absolute atomic E-state index is 12.7. The van der Waals surface area contributed by atoms with Crippen LogP contribution in [0.1, 0.15) is 42.6 Å². The molecule has 2 N–H and O–H groups in total. The highest BCUT2D eigenvalue weighted by molar-refractivity contribution is 6.07. The van der Waals surface area contributed by atoms with Crippen molar-refractivity contribution < 1.29 is 29.0 Å². The lowest BCUT2D eigenvalue weighted by atomic mass is 10.0. The first kappa shape index (κ1) is 22.0. The maximum Gasteiger partial charge on any atom is 0.307 e. The third-order valence-electron chi connectivity index (χ3n) is 4.86. The van der Waals surface area contributed by atoms with Crippen LogP contribution in [-0.2, 0) is 20.8 Å². The predicted octanol–water partition coefficient (Wildman–Crippen LogP) is 3.05. The van der Waals surface area contributed by atoms with Crippen molar-refractivity contribution in [2.24, 2.45) is 0 Å². The lowest BCUT2D eigenvalue weighted by Gasteiger charge is -2.32. The Balaban J connectivity index is 1.77. The Morgan fingerprint density at radius 2 is 1.84 bits per heavy atom. The van der Waals surface area contributed by atoms with Crippen LogP contribution in [0.2, 0.25) is 0 Å². The normalized spacial score (nSPS) is 15.1. The van der Waals surface area contributed by atoms with Crippen molar-refractivity contribution in [3.05, 3.63) is 53.6 Å². The van der Waals surface area contributed by atoms with Crippen molar-refractivity contribution in [1.29, 1.82) is 0 Å². The van der Waals surface area contributed by atoms with E-state index in [0.29, 0.717) is 41.1 Å². The summed E-state index contributed by atoms with van der Waals surface area (Å²) in [5.41, 5.74) is 1.95. The molecule has 162 valence electrons. The van der Waals surface area contributed by atoms with Gasteiger partial charge in [-0.15, -0.1) is 0 Å². The van der Waals surface area contributed by atoms with Gasteiger partial charge in [-0.2, -0.15) is 0 Å². The minimum absolute atomic E-state index is 0.0396. The molecule has 0 saturated carbocycles. The van der Waals surface area contributed by atoms with Gasteiger partial charge < -0.3 is 15.2 Å². The van der Waals surface area contributed by atoms with Crippen LogP contribution in [0.5, 0.6) is 5.75 Å². The molecule has 0 radical (unpaired) electrons. The largest absolute Gasteiger partial charge is 0.481 e. The molecular formula is C23H24N2O6. The number of fused-ring (bicyclic) bond motifs is 1. The van der Waals surface area contributed by atoms with Gasteiger partial charge in [-0.1, -0.05) is 19.1 Å². The molecule has 1 aliphatic rings. The summed E-state index contributed by atoms with van der Waals surface area (Å²) in [5.74, 6) is -1.34. The number of ketones is 1. The van der Waals surface area contributed by atoms with Crippen molar-refractivity contribution in [3.8, 4) is 5.75 Å². The highest BCUT2D eigenvalue weighted by atomic mass is 16.5. The number of carboxylic acids is 1. The van der Waals surface area contributed by atoms with Gasteiger partial charge in [-0.3, -0.25) is 24.1 Å². The SMILES string of the molecule is CCCC(=O)c1ccc2c(c1)N(CC(=O)Nc1ccc(CC(=O)O)cc1)C(=O)C(C)O2. The molecule has 1 heterocycles. The fourth-order valence-electron chi connectivity index (χ4n) is 3.34. The second-order valence-corrected chi connectivity index (χ2v) is 7.36. The molecule has 0 saturated heterocycles. The van der Waals surface area contributed by atoms with Gasteiger partial charge in [0.05, 0.1) is 12.1 Å². The molecule has 1 aliphatic heterocycles. The first-order valence-electron chi connectivity index (χ1n) is 10.0. The molecule has 1 unspecified atom stereocenters. The fourth-order valence-corrected chi connectivity index (χ4v) is 3.34. The predicted molar refractivity (Wildman–Crippen MR) is 115 cm³/mol. The Labute approximate surface area is 179 Å². The van der Waals surface area contributed by atoms with E-state index in [4.69, 9.17) is 9.84 Å². The monoisotopic (exact) mass is 424 g/mol. The molecule has 3 rings (SSSR count). The lowest BCUT2D eigenvalue weighted by Crippen LogP contribution is -2.47. The number of nitrogens with one attached hydrogen (secondary N) is 1. The maximum atomic E-state index is 12.7. The highest BCUT2D eigenvalue weighted by Crippen LogP contribution is 2.35. The van der Waals surface area contributed by atoms with Gasteiger partial charge in [-0.05, 0) is 49.2 Å². The molecule has 8 heteroatoms.